The Kier molecular flexibility index (Phi) is 3.19. The zero-order valence-corrected chi connectivity index (χ0v) is 13.3. The van der Waals surface area contributed by atoms with Gasteiger partial charge in [0.15, 0.2) is 0 Å². The average Bonchev–Trinajstić information content (AvgIpc) is 2.99. The summed E-state index contributed by atoms with van der Waals surface area (Å²) in [5, 5.41) is 14.2. The van der Waals surface area contributed by atoms with Crippen LogP contribution in [-0.4, -0.2) is 16.3 Å². The first kappa shape index (κ1) is 13.5. The first-order valence-electron chi connectivity index (χ1n) is 6.64. The van der Waals surface area contributed by atoms with E-state index in [9.17, 15) is 5.26 Å². The van der Waals surface area contributed by atoms with Crippen LogP contribution in [0, 0.1) is 11.3 Å². The summed E-state index contributed by atoms with van der Waals surface area (Å²) >= 11 is 2.76. The summed E-state index contributed by atoms with van der Waals surface area (Å²) in [6.45, 7) is 0. The van der Waals surface area contributed by atoms with Crippen LogP contribution in [0.15, 0.2) is 41.9 Å². The maximum absolute atomic E-state index is 9.36. The molecule has 0 saturated carbocycles. The molecule has 0 saturated heterocycles. The largest absolute Gasteiger partial charge is 0.353 e. The molecule has 108 valence electrons. The van der Waals surface area contributed by atoms with Gasteiger partial charge in [0.05, 0.1) is 11.9 Å². The smallest absolute Gasteiger partial charge is 0.113 e. The third kappa shape index (κ3) is 2.03. The number of hydrogen-bond acceptors (Lipinski definition) is 5. The van der Waals surface area contributed by atoms with Gasteiger partial charge in [0, 0.05) is 40.3 Å². The van der Waals surface area contributed by atoms with E-state index in [0.717, 1.165) is 38.3 Å². The summed E-state index contributed by atoms with van der Waals surface area (Å²) in [5.41, 5.74) is 5.07. The minimum Gasteiger partial charge on any atom is -0.353 e. The number of nitrogens with zero attached hydrogens (tertiary/aromatic N) is 2. The molecular weight excluding hydrogens is 314 g/mol. The van der Waals surface area contributed by atoms with E-state index in [1.165, 1.54) is 23.4 Å². The molecule has 1 aromatic carbocycles. The lowest BCUT2D eigenvalue weighted by atomic mass is 10.0. The van der Waals surface area contributed by atoms with Crippen molar-refractivity contribution >= 4 is 40.0 Å². The zero-order chi connectivity index (χ0) is 15.1. The standard InChI is InChI=1S/C16H11N3OS2/c1-21-20-19-9-13(19)16-15(11-6-7-22-14(11)8-17)10-4-2-3-5-12(10)18-16/h2-7,9,18H,1H3. The predicted molar refractivity (Wildman–Crippen MR) is 90.7 cm³/mol. The summed E-state index contributed by atoms with van der Waals surface area (Å²) in [6, 6.07) is 12.4. The molecule has 1 N–H and O–H groups in total. The monoisotopic (exact) mass is 325 g/mol. The zero-order valence-electron chi connectivity index (χ0n) is 11.7. The van der Waals surface area contributed by atoms with Crippen molar-refractivity contribution in [2.24, 2.45) is 0 Å². The van der Waals surface area contributed by atoms with Crippen molar-refractivity contribution in [1.29, 1.82) is 5.26 Å². The lowest BCUT2D eigenvalue weighted by Crippen LogP contribution is -1.95. The fourth-order valence-corrected chi connectivity index (χ4v) is 3.58. The average molecular weight is 325 g/mol. The van der Waals surface area contributed by atoms with E-state index in [1.807, 2.05) is 42.1 Å². The van der Waals surface area contributed by atoms with Crippen LogP contribution in [0.4, 0.5) is 0 Å². The van der Waals surface area contributed by atoms with Gasteiger partial charge in [-0.2, -0.15) is 9.55 Å². The molecule has 0 atom stereocenters. The Labute approximate surface area is 135 Å². The van der Waals surface area contributed by atoms with Crippen molar-refractivity contribution in [2.45, 2.75) is 0 Å². The van der Waals surface area contributed by atoms with Gasteiger partial charge in [-0.25, -0.2) is 5.06 Å². The highest BCUT2D eigenvalue weighted by Crippen LogP contribution is 2.44. The molecule has 1 aliphatic heterocycles. The molecule has 2 aromatic heterocycles. The van der Waals surface area contributed by atoms with E-state index in [0.29, 0.717) is 0 Å². The van der Waals surface area contributed by atoms with Gasteiger partial charge in [-0.15, -0.1) is 11.3 Å². The molecule has 4 nitrogen and oxygen atoms in total. The highest BCUT2D eigenvalue weighted by Gasteiger charge is 2.30. The molecule has 0 amide bonds. The molecule has 0 fully saturated rings. The molecule has 1 aliphatic rings. The Morgan fingerprint density at radius 1 is 1.32 bits per heavy atom. The summed E-state index contributed by atoms with van der Waals surface area (Å²) in [5.74, 6) is 0. The maximum Gasteiger partial charge on any atom is 0.113 e. The minimum absolute atomic E-state index is 0.726. The number of benzene rings is 1. The van der Waals surface area contributed by atoms with Gasteiger partial charge < -0.3 is 4.98 Å². The molecule has 0 aliphatic carbocycles. The van der Waals surface area contributed by atoms with Gasteiger partial charge in [0.2, 0.25) is 0 Å². The Morgan fingerprint density at radius 2 is 2.18 bits per heavy atom. The second kappa shape index (κ2) is 5.21. The Morgan fingerprint density at radius 3 is 3.00 bits per heavy atom. The number of hydrogen-bond donors (Lipinski definition) is 1. The summed E-state index contributed by atoms with van der Waals surface area (Å²) in [7, 11) is 0. The molecule has 0 unspecified atom stereocenters. The lowest BCUT2D eigenvalue weighted by molar-refractivity contribution is 0.136. The van der Waals surface area contributed by atoms with Gasteiger partial charge in [-0.05, 0) is 17.5 Å². The fourth-order valence-electron chi connectivity index (χ4n) is 2.61. The topological polar surface area (TPSA) is 51.8 Å². The van der Waals surface area contributed by atoms with Gasteiger partial charge in [0.25, 0.3) is 0 Å². The van der Waals surface area contributed by atoms with Crippen molar-refractivity contribution < 1.29 is 4.28 Å². The predicted octanol–water partition coefficient (Wildman–Crippen LogP) is 4.59. The number of thiophene rings is 1. The summed E-state index contributed by atoms with van der Waals surface area (Å²) < 4.78 is 5.42. The van der Waals surface area contributed by atoms with E-state index < -0.39 is 0 Å². The molecule has 4 rings (SSSR count). The number of aromatic nitrogens is 1. The van der Waals surface area contributed by atoms with Crippen LogP contribution in [0.25, 0.3) is 27.7 Å². The van der Waals surface area contributed by atoms with E-state index in [2.05, 4.69) is 17.1 Å². The van der Waals surface area contributed by atoms with Crippen LogP contribution < -0.4 is 0 Å². The van der Waals surface area contributed by atoms with Gasteiger partial charge in [-0.1, -0.05) is 18.2 Å². The maximum atomic E-state index is 9.36. The lowest BCUT2D eigenvalue weighted by Gasteiger charge is -2.04. The molecule has 22 heavy (non-hydrogen) atoms. The Hall–Kier alpha value is -2.20. The van der Waals surface area contributed by atoms with Gasteiger partial charge in [-0.3, -0.25) is 0 Å². The number of H-pyrrole nitrogens is 1. The number of aromatic amines is 1. The van der Waals surface area contributed by atoms with Crippen molar-refractivity contribution in [3.8, 4) is 17.2 Å². The first-order chi connectivity index (χ1) is 10.8. The second-order valence-electron chi connectivity index (χ2n) is 4.78. The van der Waals surface area contributed by atoms with Crippen molar-refractivity contribution in [2.75, 3.05) is 6.26 Å². The fraction of sp³-hybridized carbons (Fsp3) is 0.0625. The quantitative estimate of drug-likeness (QED) is 0.713. The number of rotatable bonds is 4. The normalized spacial score (nSPS) is 13.3. The first-order valence-corrected chi connectivity index (χ1v) is 8.67. The van der Waals surface area contributed by atoms with E-state index in [-0.39, 0.29) is 0 Å². The highest BCUT2D eigenvalue weighted by molar-refractivity contribution is 7.93. The number of nitriles is 1. The molecular formula is C16H11N3OS2. The summed E-state index contributed by atoms with van der Waals surface area (Å²) in [4.78, 5) is 4.18. The van der Waals surface area contributed by atoms with Crippen LogP contribution >= 0.6 is 23.4 Å². The Bertz CT molecular complexity index is 932. The third-order valence-electron chi connectivity index (χ3n) is 3.56. The van der Waals surface area contributed by atoms with Crippen LogP contribution in [0.5, 0.6) is 0 Å². The van der Waals surface area contributed by atoms with Crippen LogP contribution in [0.3, 0.4) is 0 Å². The molecule has 3 aromatic rings. The number of fused-ring (bicyclic) bond motifs is 1. The SMILES string of the molecule is CSON1C=C1c1[nH]c2ccccc2c1-c1ccsc1C#N. The van der Waals surface area contributed by atoms with Crippen molar-refractivity contribution in [3.63, 3.8) is 0 Å². The molecule has 0 spiro atoms. The number of nitrogens with one attached hydrogen (secondary N) is 1. The second-order valence-corrected chi connectivity index (χ2v) is 6.18. The molecule has 0 radical (unpaired) electrons. The van der Waals surface area contributed by atoms with Gasteiger partial charge in [0.1, 0.15) is 16.6 Å². The number of para-hydroxylation sites is 1. The third-order valence-corrected chi connectivity index (χ3v) is 4.69. The molecule has 6 heteroatoms. The van der Waals surface area contributed by atoms with E-state index in [4.69, 9.17) is 4.28 Å². The molecule has 3 heterocycles. The van der Waals surface area contributed by atoms with Crippen molar-refractivity contribution in [3.05, 3.63) is 52.5 Å². The number of hydroxylamine groups is 2. The van der Waals surface area contributed by atoms with Crippen LogP contribution in [-0.2, 0) is 4.28 Å². The minimum atomic E-state index is 0.726. The van der Waals surface area contributed by atoms with Crippen LogP contribution in [0.1, 0.15) is 10.6 Å². The van der Waals surface area contributed by atoms with Crippen LogP contribution in [0.2, 0.25) is 0 Å². The van der Waals surface area contributed by atoms with E-state index >= 15 is 0 Å². The van der Waals surface area contributed by atoms with E-state index in [1.54, 1.807) is 5.06 Å². The van der Waals surface area contributed by atoms with Crippen molar-refractivity contribution in [1.82, 2.24) is 10.0 Å². The highest BCUT2D eigenvalue weighted by atomic mass is 32.2. The molecule has 0 bridgehead atoms. The van der Waals surface area contributed by atoms with Gasteiger partial charge >= 0.3 is 0 Å². The summed E-state index contributed by atoms with van der Waals surface area (Å²) in [6.07, 6.45) is 3.81. The Balaban J connectivity index is 1.92.